The molecule has 1 heteroatoms. The predicted octanol–water partition coefficient (Wildman–Crippen LogP) is 9.08. The van der Waals surface area contributed by atoms with E-state index in [0.29, 0.717) is 0 Å². The smallest absolute Gasteiger partial charge is 0.0541 e. The summed E-state index contributed by atoms with van der Waals surface area (Å²) in [6.45, 7) is 0. The van der Waals surface area contributed by atoms with Crippen molar-refractivity contribution in [2.45, 2.75) is 12.8 Å². The summed E-state index contributed by atoms with van der Waals surface area (Å²) in [5.41, 5.74) is 11.6. The second-order valence-corrected chi connectivity index (χ2v) is 9.32. The molecule has 0 fully saturated rings. The molecule has 1 aliphatic carbocycles. The number of hydrogen-bond donors (Lipinski definition) is 0. The summed E-state index contributed by atoms with van der Waals surface area (Å²) in [5.74, 6) is 0. The number of nitrogens with zero attached hydrogens (tertiary/aromatic N) is 1. The molecule has 0 saturated carbocycles. The van der Waals surface area contributed by atoms with Crippen molar-refractivity contribution >= 4 is 27.9 Å². The zero-order valence-corrected chi connectivity index (χ0v) is 19.5. The van der Waals surface area contributed by atoms with E-state index in [9.17, 15) is 0 Å². The average molecular weight is 448 g/mol. The van der Waals surface area contributed by atoms with Gasteiger partial charge in [-0.3, -0.25) is 0 Å². The molecule has 0 radical (unpaired) electrons. The Morgan fingerprint density at radius 1 is 0.543 bits per heavy atom. The first kappa shape index (κ1) is 20.1. The molecule has 166 valence electrons. The predicted molar refractivity (Wildman–Crippen MR) is 149 cm³/mol. The molecule has 35 heavy (non-hydrogen) atoms. The van der Waals surface area contributed by atoms with Gasteiger partial charge in [-0.25, -0.2) is 0 Å². The van der Waals surface area contributed by atoms with Gasteiger partial charge in [-0.2, -0.15) is 0 Å². The van der Waals surface area contributed by atoms with Crippen molar-refractivity contribution < 1.29 is 0 Å². The van der Waals surface area contributed by atoms with E-state index < -0.39 is 0 Å². The second-order valence-electron chi connectivity index (χ2n) is 9.32. The van der Waals surface area contributed by atoms with Gasteiger partial charge in [0, 0.05) is 16.5 Å². The Morgan fingerprint density at radius 3 is 2.26 bits per heavy atom. The number of aromatic nitrogens is 1. The zero-order valence-electron chi connectivity index (χ0n) is 19.5. The molecule has 1 aromatic heterocycles. The van der Waals surface area contributed by atoms with Crippen LogP contribution in [0.3, 0.4) is 0 Å². The van der Waals surface area contributed by atoms with E-state index in [1.165, 1.54) is 60.9 Å². The van der Waals surface area contributed by atoms with Crippen LogP contribution in [-0.2, 0) is 6.42 Å². The summed E-state index contributed by atoms with van der Waals surface area (Å²) in [4.78, 5) is 0. The summed E-state index contributed by atoms with van der Waals surface area (Å²) >= 11 is 0. The summed E-state index contributed by atoms with van der Waals surface area (Å²) in [5, 5.41) is 2.57. The Balaban J connectivity index is 1.40. The molecule has 0 N–H and O–H groups in total. The van der Waals surface area contributed by atoms with Gasteiger partial charge in [0.05, 0.1) is 11.0 Å². The van der Waals surface area contributed by atoms with E-state index in [1.807, 2.05) is 0 Å². The molecule has 0 spiro atoms. The first-order valence-electron chi connectivity index (χ1n) is 12.3. The maximum atomic E-state index is 2.37. The van der Waals surface area contributed by atoms with Crippen LogP contribution in [0.15, 0.2) is 121 Å². The molecule has 0 amide bonds. The average Bonchev–Trinajstić information content (AvgIpc) is 3.27. The molecule has 1 nitrogen and oxygen atoms in total. The standard InChI is InChI=1S/C34H25N/c1-2-14-28(15-3-1)35-33-19-7-6-17-31(33)32-23-26(20-21-34(32)35)25-12-8-13-27(22-25)30-18-9-11-24-10-4-5-16-29(24)30/h1-3,5-9,11-23H,4,10H2. The molecule has 0 bridgehead atoms. The van der Waals surface area contributed by atoms with E-state index in [0.717, 1.165) is 12.8 Å². The van der Waals surface area contributed by atoms with Gasteiger partial charge in [-0.05, 0) is 82.6 Å². The van der Waals surface area contributed by atoms with Gasteiger partial charge < -0.3 is 4.57 Å². The molecule has 0 aliphatic heterocycles. The summed E-state index contributed by atoms with van der Waals surface area (Å²) < 4.78 is 2.37. The lowest BCUT2D eigenvalue weighted by atomic mass is 9.89. The third kappa shape index (κ3) is 3.32. The van der Waals surface area contributed by atoms with Crippen LogP contribution in [0, 0.1) is 0 Å². The monoisotopic (exact) mass is 447 g/mol. The first-order valence-corrected chi connectivity index (χ1v) is 12.3. The molecule has 0 saturated heterocycles. The molecule has 1 heterocycles. The molecule has 5 aromatic carbocycles. The highest BCUT2D eigenvalue weighted by Crippen LogP contribution is 2.37. The van der Waals surface area contributed by atoms with Crippen molar-refractivity contribution in [3.8, 4) is 27.9 Å². The summed E-state index contributed by atoms with van der Waals surface area (Å²) in [6.07, 6.45) is 6.85. The van der Waals surface area contributed by atoms with Crippen LogP contribution in [0.5, 0.6) is 0 Å². The number of para-hydroxylation sites is 2. The van der Waals surface area contributed by atoms with Crippen LogP contribution in [0.1, 0.15) is 17.5 Å². The van der Waals surface area contributed by atoms with Crippen molar-refractivity contribution in [1.29, 1.82) is 0 Å². The molecule has 7 rings (SSSR count). The zero-order chi connectivity index (χ0) is 23.2. The minimum atomic E-state index is 1.13. The number of fused-ring (bicyclic) bond motifs is 4. The maximum absolute atomic E-state index is 2.37. The van der Waals surface area contributed by atoms with Crippen LogP contribution in [0.2, 0.25) is 0 Å². The number of benzene rings is 5. The molecule has 0 atom stereocenters. The van der Waals surface area contributed by atoms with E-state index >= 15 is 0 Å². The Bertz CT molecular complexity index is 1730. The van der Waals surface area contributed by atoms with Crippen molar-refractivity contribution in [1.82, 2.24) is 4.57 Å². The third-order valence-corrected chi connectivity index (χ3v) is 7.26. The second kappa shape index (κ2) is 8.14. The first-order chi connectivity index (χ1) is 17.4. The van der Waals surface area contributed by atoms with Crippen LogP contribution >= 0.6 is 0 Å². The van der Waals surface area contributed by atoms with Crippen molar-refractivity contribution in [2.24, 2.45) is 0 Å². The molecular weight excluding hydrogens is 422 g/mol. The van der Waals surface area contributed by atoms with Gasteiger partial charge in [-0.15, -0.1) is 0 Å². The fourth-order valence-electron chi connectivity index (χ4n) is 5.59. The fraction of sp³-hybridized carbons (Fsp3) is 0.0588. The highest BCUT2D eigenvalue weighted by atomic mass is 15.0. The molecule has 6 aromatic rings. The van der Waals surface area contributed by atoms with Crippen molar-refractivity contribution in [3.63, 3.8) is 0 Å². The maximum Gasteiger partial charge on any atom is 0.0541 e. The molecular formula is C34H25N. The van der Waals surface area contributed by atoms with Gasteiger partial charge in [0.2, 0.25) is 0 Å². The Morgan fingerprint density at radius 2 is 1.31 bits per heavy atom. The van der Waals surface area contributed by atoms with Gasteiger partial charge in [0.1, 0.15) is 0 Å². The number of aryl methyl sites for hydroxylation is 1. The minimum Gasteiger partial charge on any atom is -0.309 e. The quantitative estimate of drug-likeness (QED) is 0.255. The number of rotatable bonds is 3. The lowest BCUT2D eigenvalue weighted by Crippen LogP contribution is -1.96. The van der Waals surface area contributed by atoms with Crippen LogP contribution < -0.4 is 0 Å². The summed E-state index contributed by atoms with van der Waals surface area (Å²) in [6, 6.07) is 42.0. The van der Waals surface area contributed by atoms with Crippen molar-refractivity contribution in [2.75, 3.05) is 0 Å². The molecule has 1 aliphatic rings. The van der Waals surface area contributed by atoms with Gasteiger partial charge in [0.15, 0.2) is 0 Å². The van der Waals surface area contributed by atoms with Crippen LogP contribution in [0.4, 0.5) is 0 Å². The van der Waals surface area contributed by atoms with E-state index in [1.54, 1.807) is 0 Å². The van der Waals surface area contributed by atoms with Crippen molar-refractivity contribution in [3.05, 3.63) is 132 Å². The van der Waals surface area contributed by atoms with Gasteiger partial charge in [-0.1, -0.05) is 91.0 Å². The number of allylic oxidation sites excluding steroid dienone is 1. The highest BCUT2D eigenvalue weighted by molar-refractivity contribution is 6.10. The van der Waals surface area contributed by atoms with Gasteiger partial charge in [0.25, 0.3) is 0 Å². The lowest BCUT2D eigenvalue weighted by Gasteiger charge is -2.16. The number of hydrogen-bond acceptors (Lipinski definition) is 0. The normalized spacial score (nSPS) is 12.8. The SMILES string of the molecule is C1=Cc2c(cccc2-c2cccc(-c3ccc4c(c3)c3ccccc3n4-c3ccccc3)c2)CC1. The summed E-state index contributed by atoms with van der Waals surface area (Å²) in [7, 11) is 0. The van der Waals surface area contributed by atoms with E-state index in [-0.39, 0.29) is 0 Å². The van der Waals surface area contributed by atoms with Crippen LogP contribution in [-0.4, -0.2) is 4.57 Å². The fourth-order valence-corrected chi connectivity index (χ4v) is 5.59. The minimum absolute atomic E-state index is 1.13. The van der Waals surface area contributed by atoms with Gasteiger partial charge >= 0.3 is 0 Å². The lowest BCUT2D eigenvalue weighted by molar-refractivity contribution is 0.986. The topological polar surface area (TPSA) is 4.93 Å². The molecule has 0 unspecified atom stereocenters. The van der Waals surface area contributed by atoms with E-state index in [2.05, 4.69) is 132 Å². The van der Waals surface area contributed by atoms with Crippen LogP contribution in [0.25, 0.3) is 55.8 Å². The third-order valence-electron chi connectivity index (χ3n) is 7.26. The Kier molecular flexibility index (Phi) is 4.67. The Labute approximate surface area is 205 Å². The van der Waals surface area contributed by atoms with E-state index in [4.69, 9.17) is 0 Å². The highest BCUT2D eigenvalue weighted by Gasteiger charge is 2.14. The Hall–Kier alpha value is -4.36. The largest absolute Gasteiger partial charge is 0.309 e.